The van der Waals surface area contributed by atoms with Gasteiger partial charge in [0.1, 0.15) is 10.8 Å². The number of rotatable bonds is 4. The van der Waals surface area contributed by atoms with Gasteiger partial charge in [-0.05, 0) is 29.8 Å². The van der Waals surface area contributed by atoms with Crippen LogP contribution < -0.4 is 0 Å². The molecule has 0 bridgehead atoms. The summed E-state index contributed by atoms with van der Waals surface area (Å²) in [6.07, 6.45) is 0. The zero-order valence-electron chi connectivity index (χ0n) is 10.9. The third-order valence-electron chi connectivity index (χ3n) is 2.95. The van der Waals surface area contributed by atoms with Crippen LogP contribution in [0.2, 0.25) is 5.02 Å². The molecule has 21 heavy (non-hydrogen) atoms. The number of hydrogen-bond acceptors (Lipinski definition) is 3. The maximum atomic E-state index is 13.0. The number of benzene rings is 2. The van der Waals surface area contributed by atoms with Crippen molar-refractivity contribution >= 4 is 44.0 Å². The molecule has 108 valence electrons. The fourth-order valence-electron chi connectivity index (χ4n) is 1.98. The Labute approximate surface area is 133 Å². The Balaban J connectivity index is 1.74. The van der Waals surface area contributed by atoms with Crippen molar-refractivity contribution in [3.05, 3.63) is 63.9 Å². The van der Waals surface area contributed by atoms with E-state index in [1.54, 1.807) is 17.4 Å². The molecule has 1 aromatic heterocycles. The second-order valence-electron chi connectivity index (χ2n) is 4.54. The van der Waals surface area contributed by atoms with E-state index in [-0.39, 0.29) is 5.82 Å². The topological polar surface area (TPSA) is 30.0 Å². The van der Waals surface area contributed by atoms with Gasteiger partial charge in [0.15, 0.2) is 0 Å². The quantitative estimate of drug-likeness (QED) is 0.698. The third kappa shape index (κ3) is 3.48. The molecule has 0 spiro atoms. The average Bonchev–Trinajstić information content (AvgIpc) is 2.84. The molecule has 0 amide bonds. The third-order valence-corrected chi connectivity index (χ3v) is 5.75. The van der Waals surface area contributed by atoms with Gasteiger partial charge in [0.25, 0.3) is 0 Å². The van der Waals surface area contributed by atoms with Crippen LogP contribution in [0, 0.1) is 5.82 Å². The van der Waals surface area contributed by atoms with Crippen LogP contribution in [0.5, 0.6) is 0 Å². The maximum Gasteiger partial charge on any atom is 0.124 e. The van der Waals surface area contributed by atoms with E-state index in [0.29, 0.717) is 22.1 Å². The first-order valence-corrected chi connectivity index (χ1v) is 8.93. The van der Waals surface area contributed by atoms with Crippen molar-refractivity contribution in [3.8, 4) is 0 Å². The van der Waals surface area contributed by atoms with Gasteiger partial charge in [-0.25, -0.2) is 9.37 Å². The number of halogens is 2. The first kappa shape index (κ1) is 14.6. The predicted octanol–water partition coefficient (Wildman–Crippen LogP) is 4.54. The first-order valence-electron chi connectivity index (χ1n) is 6.25. The van der Waals surface area contributed by atoms with Crippen molar-refractivity contribution in [1.82, 2.24) is 4.98 Å². The Morgan fingerprint density at radius 2 is 2.00 bits per heavy atom. The zero-order valence-corrected chi connectivity index (χ0v) is 13.3. The van der Waals surface area contributed by atoms with Crippen LogP contribution in [-0.2, 0) is 22.3 Å². The van der Waals surface area contributed by atoms with Crippen molar-refractivity contribution in [2.24, 2.45) is 0 Å². The molecule has 1 unspecified atom stereocenters. The van der Waals surface area contributed by atoms with Crippen LogP contribution in [0.3, 0.4) is 0 Å². The zero-order chi connectivity index (χ0) is 14.8. The molecule has 0 aliphatic rings. The standard InChI is InChI=1S/C15H11ClFNOS2/c16-12-7-11(17)6-5-10(12)8-21(19)9-15-18-13-3-1-2-4-14(13)20-15/h1-7H,8-9H2. The summed E-state index contributed by atoms with van der Waals surface area (Å²) in [5.74, 6) is 0.294. The lowest BCUT2D eigenvalue weighted by Gasteiger charge is -2.03. The summed E-state index contributed by atoms with van der Waals surface area (Å²) in [5, 5.41) is 1.15. The fourth-order valence-corrected chi connectivity index (χ4v) is 4.73. The normalized spacial score (nSPS) is 12.7. The Morgan fingerprint density at radius 1 is 1.19 bits per heavy atom. The highest BCUT2D eigenvalue weighted by molar-refractivity contribution is 7.83. The minimum Gasteiger partial charge on any atom is -0.259 e. The van der Waals surface area contributed by atoms with Crippen molar-refractivity contribution in [2.45, 2.75) is 11.5 Å². The van der Waals surface area contributed by atoms with Crippen molar-refractivity contribution in [1.29, 1.82) is 0 Å². The van der Waals surface area contributed by atoms with Crippen molar-refractivity contribution in [2.75, 3.05) is 0 Å². The molecular weight excluding hydrogens is 329 g/mol. The summed E-state index contributed by atoms with van der Waals surface area (Å²) >= 11 is 7.50. The predicted molar refractivity (Wildman–Crippen MR) is 86.6 cm³/mol. The van der Waals surface area contributed by atoms with Crippen LogP contribution in [0.4, 0.5) is 4.39 Å². The molecule has 1 atom stereocenters. The van der Waals surface area contributed by atoms with Gasteiger partial charge in [-0.3, -0.25) is 4.21 Å². The summed E-state index contributed by atoms with van der Waals surface area (Å²) in [4.78, 5) is 4.46. The average molecular weight is 340 g/mol. The van der Waals surface area contributed by atoms with E-state index >= 15 is 0 Å². The van der Waals surface area contributed by atoms with Crippen LogP contribution in [0.25, 0.3) is 10.2 Å². The molecule has 3 rings (SSSR count). The summed E-state index contributed by atoms with van der Waals surface area (Å²) in [7, 11) is -1.12. The number of hydrogen-bond donors (Lipinski definition) is 0. The van der Waals surface area contributed by atoms with E-state index in [2.05, 4.69) is 4.98 Å². The maximum absolute atomic E-state index is 13.0. The van der Waals surface area contributed by atoms with Crippen LogP contribution >= 0.6 is 22.9 Å². The highest BCUT2D eigenvalue weighted by atomic mass is 35.5. The van der Waals surface area contributed by atoms with E-state index in [9.17, 15) is 8.60 Å². The molecule has 3 aromatic rings. The number of nitrogens with zero attached hydrogens (tertiary/aromatic N) is 1. The molecule has 2 aromatic carbocycles. The van der Waals surface area contributed by atoms with Crippen LogP contribution in [-0.4, -0.2) is 9.19 Å². The van der Waals surface area contributed by atoms with Crippen LogP contribution in [0.15, 0.2) is 42.5 Å². The van der Waals surface area contributed by atoms with E-state index in [1.807, 2.05) is 24.3 Å². The molecule has 0 saturated carbocycles. The van der Waals surface area contributed by atoms with Crippen molar-refractivity contribution in [3.63, 3.8) is 0 Å². The van der Waals surface area contributed by atoms with E-state index in [0.717, 1.165) is 15.2 Å². The van der Waals surface area contributed by atoms with E-state index in [4.69, 9.17) is 11.6 Å². The number of aromatic nitrogens is 1. The van der Waals surface area contributed by atoms with E-state index in [1.165, 1.54) is 12.1 Å². The SMILES string of the molecule is O=S(Cc1nc2ccccc2s1)Cc1ccc(F)cc1Cl. The number of fused-ring (bicyclic) bond motifs is 1. The molecular formula is C15H11ClFNOS2. The van der Waals surface area contributed by atoms with Gasteiger partial charge in [0, 0.05) is 15.8 Å². The van der Waals surface area contributed by atoms with Gasteiger partial charge >= 0.3 is 0 Å². The molecule has 0 fully saturated rings. The lowest BCUT2D eigenvalue weighted by Crippen LogP contribution is -2.00. The largest absolute Gasteiger partial charge is 0.259 e. The highest BCUT2D eigenvalue weighted by Gasteiger charge is 2.10. The minimum absolute atomic E-state index is 0.301. The first-order chi connectivity index (χ1) is 10.1. The highest BCUT2D eigenvalue weighted by Crippen LogP contribution is 2.24. The molecule has 0 N–H and O–H groups in total. The van der Waals surface area contributed by atoms with Gasteiger partial charge in [-0.2, -0.15) is 0 Å². The van der Waals surface area contributed by atoms with E-state index < -0.39 is 10.8 Å². The Hall–Kier alpha value is -1.30. The minimum atomic E-state index is -1.12. The van der Waals surface area contributed by atoms with Gasteiger partial charge in [0.2, 0.25) is 0 Å². The lowest BCUT2D eigenvalue weighted by molar-refractivity contribution is 0.627. The summed E-state index contributed by atoms with van der Waals surface area (Å²) in [6, 6.07) is 12.0. The Kier molecular flexibility index (Phi) is 4.33. The molecule has 0 saturated heterocycles. The molecule has 6 heteroatoms. The van der Waals surface area contributed by atoms with Crippen molar-refractivity contribution < 1.29 is 8.60 Å². The number of thiazole rings is 1. The Morgan fingerprint density at radius 3 is 2.76 bits per heavy atom. The summed E-state index contributed by atoms with van der Waals surface area (Å²) in [5.41, 5.74) is 1.62. The summed E-state index contributed by atoms with van der Waals surface area (Å²) in [6.45, 7) is 0. The second-order valence-corrected chi connectivity index (χ2v) is 7.52. The van der Waals surface area contributed by atoms with Gasteiger partial charge < -0.3 is 0 Å². The number of para-hydroxylation sites is 1. The smallest absolute Gasteiger partial charge is 0.124 e. The Bertz CT molecular complexity index is 785. The molecule has 0 aliphatic carbocycles. The molecule has 0 radical (unpaired) electrons. The summed E-state index contributed by atoms with van der Waals surface area (Å²) < 4.78 is 26.3. The second kappa shape index (κ2) is 6.22. The lowest BCUT2D eigenvalue weighted by atomic mass is 10.2. The van der Waals surface area contributed by atoms with Crippen LogP contribution in [0.1, 0.15) is 10.6 Å². The monoisotopic (exact) mass is 339 g/mol. The molecule has 0 aliphatic heterocycles. The van der Waals surface area contributed by atoms with Gasteiger partial charge in [0.05, 0.1) is 21.7 Å². The van der Waals surface area contributed by atoms with Gasteiger partial charge in [-0.1, -0.05) is 29.8 Å². The molecule has 2 nitrogen and oxygen atoms in total. The van der Waals surface area contributed by atoms with Gasteiger partial charge in [-0.15, -0.1) is 11.3 Å². The molecule has 1 heterocycles. The fraction of sp³-hybridized carbons (Fsp3) is 0.133.